The third-order valence-corrected chi connectivity index (χ3v) is 4.11. The Morgan fingerprint density at radius 1 is 1.20 bits per heavy atom. The van der Waals surface area contributed by atoms with Crippen LogP contribution in [0.5, 0.6) is 0 Å². The Morgan fingerprint density at radius 2 is 1.85 bits per heavy atom. The van der Waals surface area contributed by atoms with E-state index in [1.807, 2.05) is 0 Å². The highest BCUT2D eigenvalue weighted by atomic mass is 16.5. The molecule has 1 aromatic rings. The summed E-state index contributed by atoms with van der Waals surface area (Å²) in [5.74, 6) is 0.731. The number of amides is 2. The Labute approximate surface area is 116 Å². The molecule has 1 saturated carbocycles. The summed E-state index contributed by atoms with van der Waals surface area (Å²) < 4.78 is 5.18. The molecule has 2 N–H and O–H groups in total. The van der Waals surface area contributed by atoms with E-state index >= 15 is 0 Å². The summed E-state index contributed by atoms with van der Waals surface area (Å²) in [6.45, 7) is 0.302. The van der Waals surface area contributed by atoms with Crippen molar-refractivity contribution in [3.8, 4) is 0 Å². The van der Waals surface area contributed by atoms with Gasteiger partial charge in [-0.2, -0.15) is 4.98 Å². The molecule has 1 aromatic heterocycles. The van der Waals surface area contributed by atoms with Crippen LogP contribution in [-0.4, -0.2) is 33.4 Å². The molecule has 2 fully saturated rings. The minimum atomic E-state index is -0.471. The molecule has 0 aromatic carbocycles. The smallest absolute Gasteiger partial charge is 0.229 e. The van der Waals surface area contributed by atoms with Crippen LogP contribution in [0.3, 0.4) is 0 Å². The predicted molar refractivity (Wildman–Crippen MR) is 68.3 cm³/mol. The molecular weight excluding hydrogens is 260 g/mol. The lowest BCUT2D eigenvalue weighted by Crippen LogP contribution is -2.34. The van der Waals surface area contributed by atoms with Gasteiger partial charge in [-0.25, -0.2) is 0 Å². The SMILES string of the molecule is NC1(c2noc(CCN3C(=O)CCC3=O)n2)CCCC1. The lowest BCUT2D eigenvalue weighted by molar-refractivity contribution is -0.138. The molecule has 0 bridgehead atoms. The van der Waals surface area contributed by atoms with Crippen LogP contribution in [0.4, 0.5) is 0 Å². The number of carbonyl (C=O) groups excluding carboxylic acids is 2. The van der Waals surface area contributed by atoms with Crippen molar-refractivity contribution in [1.82, 2.24) is 15.0 Å². The fourth-order valence-corrected chi connectivity index (χ4v) is 2.87. The maximum absolute atomic E-state index is 11.5. The fraction of sp³-hybridized carbons (Fsp3) is 0.692. The van der Waals surface area contributed by atoms with Gasteiger partial charge in [-0.15, -0.1) is 0 Å². The van der Waals surface area contributed by atoms with Crippen LogP contribution in [0.1, 0.15) is 50.2 Å². The van der Waals surface area contributed by atoms with E-state index in [1.54, 1.807) is 0 Å². The van der Waals surface area contributed by atoms with Gasteiger partial charge in [0, 0.05) is 25.8 Å². The Morgan fingerprint density at radius 3 is 2.50 bits per heavy atom. The monoisotopic (exact) mass is 278 g/mol. The quantitative estimate of drug-likeness (QED) is 0.804. The Kier molecular flexibility index (Phi) is 3.29. The highest BCUT2D eigenvalue weighted by molar-refractivity contribution is 6.01. The topological polar surface area (TPSA) is 102 Å². The molecule has 0 radical (unpaired) electrons. The first-order valence-electron chi connectivity index (χ1n) is 7.04. The van der Waals surface area contributed by atoms with E-state index in [9.17, 15) is 9.59 Å². The van der Waals surface area contributed by atoms with Crippen LogP contribution in [0.15, 0.2) is 4.52 Å². The largest absolute Gasteiger partial charge is 0.339 e. The normalized spacial score (nSPS) is 21.9. The summed E-state index contributed by atoms with van der Waals surface area (Å²) in [5, 5.41) is 3.95. The highest BCUT2D eigenvalue weighted by Crippen LogP contribution is 2.34. The van der Waals surface area contributed by atoms with Gasteiger partial charge in [-0.3, -0.25) is 14.5 Å². The first-order valence-corrected chi connectivity index (χ1v) is 7.04. The third-order valence-electron chi connectivity index (χ3n) is 4.11. The first-order chi connectivity index (χ1) is 9.58. The van der Waals surface area contributed by atoms with E-state index in [0.717, 1.165) is 25.7 Å². The number of carbonyl (C=O) groups is 2. The van der Waals surface area contributed by atoms with Crippen LogP contribution >= 0.6 is 0 Å². The minimum absolute atomic E-state index is 0.124. The fourth-order valence-electron chi connectivity index (χ4n) is 2.87. The summed E-state index contributed by atoms with van der Waals surface area (Å²) in [6.07, 6.45) is 4.90. The standard InChI is InChI=1S/C13H18N4O3/c14-13(6-1-2-7-13)12-15-9(20-16-12)5-8-17-10(18)3-4-11(17)19/h1-8,14H2. The van der Waals surface area contributed by atoms with Crippen molar-refractivity contribution < 1.29 is 14.1 Å². The number of nitrogens with two attached hydrogens (primary N) is 1. The minimum Gasteiger partial charge on any atom is -0.339 e. The Hall–Kier alpha value is -1.76. The van der Waals surface area contributed by atoms with Gasteiger partial charge < -0.3 is 10.3 Å². The van der Waals surface area contributed by atoms with Crippen molar-refractivity contribution >= 4 is 11.8 Å². The molecule has 2 amide bonds. The second kappa shape index (κ2) is 4.97. The number of hydrogen-bond donors (Lipinski definition) is 1. The molecule has 0 unspecified atom stereocenters. The molecule has 1 aliphatic carbocycles. The average Bonchev–Trinajstić information content (AvgIpc) is 3.11. The summed E-state index contributed by atoms with van der Waals surface area (Å²) >= 11 is 0. The van der Waals surface area contributed by atoms with Gasteiger partial charge >= 0.3 is 0 Å². The maximum atomic E-state index is 11.5. The lowest BCUT2D eigenvalue weighted by Gasteiger charge is -2.17. The zero-order valence-electron chi connectivity index (χ0n) is 11.3. The number of aromatic nitrogens is 2. The van der Waals surface area contributed by atoms with Crippen molar-refractivity contribution in [1.29, 1.82) is 0 Å². The Balaban J connectivity index is 1.63. The second-order valence-corrected chi connectivity index (χ2v) is 5.56. The molecule has 20 heavy (non-hydrogen) atoms. The van der Waals surface area contributed by atoms with Crippen LogP contribution in [-0.2, 0) is 21.5 Å². The second-order valence-electron chi connectivity index (χ2n) is 5.56. The van der Waals surface area contributed by atoms with Crippen molar-refractivity contribution in [3.63, 3.8) is 0 Å². The number of nitrogens with zero attached hydrogens (tertiary/aromatic N) is 3. The number of imide groups is 1. The van der Waals surface area contributed by atoms with Crippen LogP contribution in [0.25, 0.3) is 0 Å². The van der Waals surface area contributed by atoms with Gasteiger partial charge in [-0.1, -0.05) is 18.0 Å². The van der Waals surface area contributed by atoms with Crippen molar-refractivity contribution in [2.75, 3.05) is 6.54 Å². The zero-order valence-corrected chi connectivity index (χ0v) is 11.3. The van der Waals surface area contributed by atoms with E-state index in [1.165, 1.54) is 4.90 Å². The van der Waals surface area contributed by atoms with E-state index < -0.39 is 5.54 Å². The average molecular weight is 278 g/mol. The number of likely N-dealkylation sites (tertiary alicyclic amines) is 1. The maximum Gasteiger partial charge on any atom is 0.229 e. The number of rotatable bonds is 4. The van der Waals surface area contributed by atoms with Gasteiger partial charge in [-0.05, 0) is 12.8 Å². The number of hydrogen-bond acceptors (Lipinski definition) is 6. The van der Waals surface area contributed by atoms with E-state index in [2.05, 4.69) is 10.1 Å². The summed E-state index contributed by atoms with van der Waals surface area (Å²) in [4.78, 5) is 28.6. The lowest BCUT2D eigenvalue weighted by atomic mass is 9.99. The van der Waals surface area contributed by atoms with Crippen LogP contribution < -0.4 is 5.73 Å². The van der Waals surface area contributed by atoms with E-state index in [0.29, 0.717) is 37.5 Å². The predicted octanol–water partition coefficient (Wildman–Crippen LogP) is 0.489. The molecule has 0 spiro atoms. The van der Waals surface area contributed by atoms with Gasteiger partial charge in [0.05, 0.1) is 5.54 Å². The summed E-state index contributed by atoms with van der Waals surface area (Å²) in [6, 6.07) is 0. The van der Waals surface area contributed by atoms with Gasteiger partial charge in [0.25, 0.3) is 0 Å². The molecule has 2 aliphatic rings. The molecule has 108 valence electrons. The highest BCUT2D eigenvalue weighted by Gasteiger charge is 2.36. The molecule has 1 aliphatic heterocycles. The van der Waals surface area contributed by atoms with Gasteiger partial charge in [0.15, 0.2) is 5.82 Å². The Bertz CT molecular complexity index is 517. The molecule has 7 nitrogen and oxygen atoms in total. The van der Waals surface area contributed by atoms with Crippen molar-refractivity contribution in [2.45, 2.75) is 50.5 Å². The molecule has 7 heteroatoms. The van der Waals surface area contributed by atoms with Crippen molar-refractivity contribution in [2.24, 2.45) is 5.73 Å². The summed E-state index contributed by atoms with van der Waals surface area (Å²) in [5.41, 5.74) is 5.78. The van der Waals surface area contributed by atoms with E-state index in [-0.39, 0.29) is 11.8 Å². The zero-order chi connectivity index (χ0) is 14.2. The molecule has 0 atom stereocenters. The van der Waals surface area contributed by atoms with Gasteiger partial charge in [0.1, 0.15) is 0 Å². The first kappa shape index (κ1) is 13.2. The summed E-state index contributed by atoms with van der Waals surface area (Å²) in [7, 11) is 0. The van der Waals surface area contributed by atoms with Crippen LogP contribution in [0, 0.1) is 0 Å². The molecule has 2 heterocycles. The van der Waals surface area contributed by atoms with Crippen molar-refractivity contribution in [3.05, 3.63) is 11.7 Å². The van der Waals surface area contributed by atoms with Gasteiger partial charge in [0.2, 0.25) is 17.7 Å². The van der Waals surface area contributed by atoms with E-state index in [4.69, 9.17) is 10.3 Å². The molecule has 3 rings (SSSR count). The van der Waals surface area contributed by atoms with Crippen LogP contribution in [0.2, 0.25) is 0 Å². The molecule has 1 saturated heterocycles. The third kappa shape index (κ3) is 2.33. The molecular formula is C13H18N4O3.